The van der Waals surface area contributed by atoms with Crippen molar-refractivity contribution in [2.24, 2.45) is 0 Å². The lowest BCUT2D eigenvalue weighted by molar-refractivity contribution is -0.274. The molecule has 138 valence electrons. The summed E-state index contributed by atoms with van der Waals surface area (Å²) in [5, 5.41) is 0. The highest BCUT2D eigenvalue weighted by molar-refractivity contribution is 7.89. The third-order valence-electron chi connectivity index (χ3n) is 3.34. The Labute approximate surface area is 143 Å². The molecule has 0 aliphatic heterocycles. The van der Waals surface area contributed by atoms with Crippen LogP contribution in [0.25, 0.3) is 0 Å². The van der Waals surface area contributed by atoms with Crippen molar-refractivity contribution in [3.05, 3.63) is 42.5 Å². The lowest BCUT2D eigenvalue weighted by atomic mass is 10.3. The van der Waals surface area contributed by atoms with E-state index in [1.807, 2.05) is 17.7 Å². The smallest absolute Gasteiger partial charge is 0.406 e. The van der Waals surface area contributed by atoms with Gasteiger partial charge in [-0.05, 0) is 18.6 Å². The van der Waals surface area contributed by atoms with E-state index in [-0.39, 0.29) is 11.4 Å². The Kier molecular flexibility index (Phi) is 6.07. The first-order valence-electron chi connectivity index (χ1n) is 7.57. The molecule has 0 unspecified atom stereocenters. The molecule has 0 spiro atoms. The number of sulfonamides is 1. The van der Waals surface area contributed by atoms with Crippen LogP contribution in [0.3, 0.4) is 0 Å². The molecule has 2 rings (SSSR count). The first-order valence-corrected chi connectivity index (χ1v) is 9.05. The number of aromatic nitrogens is 2. The SMILES string of the molecule is CCc1nccn1CCCNS(=O)(=O)c1cccc(OC(F)(F)F)c1. The second-order valence-corrected chi connectivity index (χ2v) is 6.93. The molecule has 1 aromatic heterocycles. The molecule has 25 heavy (non-hydrogen) atoms. The highest BCUT2D eigenvalue weighted by Gasteiger charge is 2.31. The van der Waals surface area contributed by atoms with E-state index >= 15 is 0 Å². The number of halogens is 3. The van der Waals surface area contributed by atoms with Crippen molar-refractivity contribution in [2.45, 2.75) is 37.6 Å². The molecule has 0 aliphatic carbocycles. The van der Waals surface area contributed by atoms with E-state index < -0.39 is 22.1 Å². The van der Waals surface area contributed by atoms with Crippen LogP contribution < -0.4 is 9.46 Å². The van der Waals surface area contributed by atoms with Gasteiger partial charge in [-0.1, -0.05) is 13.0 Å². The van der Waals surface area contributed by atoms with Gasteiger partial charge in [-0.25, -0.2) is 18.1 Å². The van der Waals surface area contributed by atoms with Gasteiger partial charge in [0.1, 0.15) is 11.6 Å². The molecule has 0 fully saturated rings. The Morgan fingerprint density at radius 3 is 2.76 bits per heavy atom. The fraction of sp³-hybridized carbons (Fsp3) is 0.400. The highest BCUT2D eigenvalue weighted by atomic mass is 32.2. The van der Waals surface area contributed by atoms with Crippen LogP contribution in [0.1, 0.15) is 19.2 Å². The van der Waals surface area contributed by atoms with Crippen LogP contribution >= 0.6 is 0 Å². The van der Waals surface area contributed by atoms with Gasteiger partial charge in [-0.2, -0.15) is 0 Å². The topological polar surface area (TPSA) is 73.2 Å². The van der Waals surface area contributed by atoms with Crippen molar-refractivity contribution in [2.75, 3.05) is 6.54 Å². The second-order valence-electron chi connectivity index (χ2n) is 5.16. The minimum Gasteiger partial charge on any atom is -0.406 e. The summed E-state index contributed by atoms with van der Waals surface area (Å²) in [5.41, 5.74) is 0. The van der Waals surface area contributed by atoms with Gasteiger partial charge in [-0.3, -0.25) is 0 Å². The Morgan fingerprint density at radius 1 is 1.32 bits per heavy atom. The van der Waals surface area contributed by atoms with Gasteiger partial charge < -0.3 is 9.30 Å². The van der Waals surface area contributed by atoms with Crippen LogP contribution in [0.4, 0.5) is 13.2 Å². The number of aryl methyl sites for hydroxylation is 2. The predicted molar refractivity (Wildman–Crippen MR) is 84.5 cm³/mol. The van der Waals surface area contributed by atoms with Crippen molar-refractivity contribution in [1.82, 2.24) is 14.3 Å². The lowest BCUT2D eigenvalue weighted by Crippen LogP contribution is -2.26. The molecule has 0 radical (unpaired) electrons. The van der Waals surface area contributed by atoms with Crippen molar-refractivity contribution < 1.29 is 26.3 Å². The molecule has 1 N–H and O–H groups in total. The van der Waals surface area contributed by atoms with E-state index in [0.29, 0.717) is 13.0 Å². The molecule has 0 saturated heterocycles. The lowest BCUT2D eigenvalue weighted by Gasteiger charge is -2.11. The number of alkyl halides is 3. The third-order valence-corrected chi connectivity index (χ3v) is 4.79. The Hall–Kier alpha value is -2.07. The molecular formula is C15H18F3N3O3S. The van der Waals surface area contributed by atoms with Gasteiger partial charge in [0.15, 0.2) is 0 Å². The molecule has 0 atom stereocenters. The van der Waals surface area contributed by atoms with Crippen LogP contribution in [0, 0.1) is 0 Å². The molecule has 6 nitrogen and oxygen atoms in total. The van der Waals surface area contributed by atoms with E-state index in [1.165, 1.54) is 12.1 Å². The minimum atomic E-state index is -4.88. The molecule has 0 bridgehead atoms. The van der Waals surface area contributed by atoms with Crippen LogP contribution in [0.2, 0.25) is 0 Å². The van der Waals surface area contributed by atoms with Crippen LogP contribution in [-0.2, 0) is 23.0 Å². The fourth-order valence-electron chi connectivity index (χ4n) is 2.24. The van der Waals surface area contributed by atoms with Crippen molar-refractivity contribution in [3.8, 4) is 5.75 Å². The number of imidazole rings is 1. The average molecular weight is 377 g/mol. The number of hydrogen-bond acceptors (Lipinski definition) is 4. The molecule has 0 saturated carbocycles. The monoisotopic (exact) mass is 377 g/mol. The Bertz CT molecular complexity index is 804. The maximum atomic E-state index is 12.2. The maximum Gasteiger partial charge on any atom is 0.573 e. The van der Waals surface area contributed by atoms with Crippen LogP contribution in [0.15, 0.2) is 41.6 Å². The van der Waals surface area contributed by atoms with Crippen molar-refractivity contribution >= 4 is 10.0 Å². The molecule has 1 heterocycles. The number of nitrogens with one attached hydrogen (secondary N) is 1. The normalized spacial score (nSPS) is 12.3. The van der Waals surface area contributed by atoms with E-state index in [9.17, 15) is 21.6 Å². The minimum absolute atomic E-state index is 0.147. The zero-order valence-electron chi connectivity index (χ0n) is 13.5. The second kappa shape index (κ2) is 7.87. The maximum absolute atomic E-state index is 12.2. The number of ether oxygens (including phenoxy) is 1. The number of nitrogens with zero attached hydrogens (tertiary/aromatic N) is 2. The highest BCUT2D eigenvalue weighted by Crippen LogP contribution is 2.24. The molecule has 0 amide bonds. The van der Waals surface area contributed by atoms with E-state index in [2.05, 4.69) is 14.4 Å². The summed E-state index contributed by atoms with van der Waals surface area (Å²) in [6.45, 7) is 2.70. The van der Waals surface area contributed by atoms with E-state index in [4.69, 9.17) is 0 Å². The zero-order chi connectivity index (χ0) is 18.5. The molecule has 2 aromatic rings. The van der Waals surface area contributed by atoms with Gasteiger partial charge >= 0.3 is 6.36 Å². The van der Waals surface area contributed by atoms with Gasteiger partial charge in [0.25, 0.3) is 0 Å². The summed E-state index contributed by atoms with van der Waals surface area (Å²) in [5.74, 6) is 0.321. The van der Waals surface area contributed by atoms with E-state index in [1.54, 1.807) is 6.20 Å². The van der Waals surface area contributed by atoms with E-state index in [0.717, 1.165) is 24.4 Å². The predicted octanol–water partition coefficient (Wildman–Crippen LogP) is 2.71. The summed E-state index contributed by atoms with van der Waals surface area (Å²) in [6.07, 6.45) is -0.107. The summed E-state index contributed by atoms with van der Waals surface area (Å²) in [4.78, 5) is 3.88. The summed E-state index contributed by atoms with van der Waals surface area (Å²) in [6, 6.07) is 4.27. The van der Waals surface area contributed by atoms with Crippen molar-refractivity contribution in [1.29, 1.82) is 0 Å². The zero-order valence-corrected chi connectivity index (χ0v) is 14.3. The number of benzene rings is 1. The van der Waals surface area contributed by atoms with Gasteiger partial charge in [0, 0.05) is 38.0 Å². The quantitative estimate of drug-likeness (QED) is 0.718. The first-order chi connectivity index (χ1) is 11.7. The average Bonchev–Trinajstić information content (AvgIpc) is 2.97. The van der Waals surface area contributed by atoms with Gasteiger partial charge in [0.2, 0.25) is 10.0 Å². The summed E-state index contributed by atoms with van der Waals surface area (Å²) < 4.78 is 69.0. The molecular weight excluding hydrogens is 359 g/mol. The van der Waals surface area contributed by atoms with Gasteiger partial charge in [0.05, 0.1) is 4.90 Å². The Balaban J connectivity index is 1.94. The summed E-state index contributed by atoms with van der Waals surface area (Å²) in [7, 11) is -3.92. The standard InChI is InChI=1S/C15H18F3N3O3S/c1-2-14-19-8-10-21(14)9-4-7-20-25(22,23)13-6-3-5-12(11-13)24-15(16,17)18/h3,5-6,8,10-11,20H,2,4,7,9H2,1H3. The fourth-order valence-corrected chi connectivity index (χ4v) is 3.34. The molecule has 10 heteroatoms. The Morgan fingerprint density at radius 2 is 2.08 bits per heavy atom. The molecule has 1 aromatic carbocycles. The number of hydrogen-bond donors (Lipinski definition) is 1. The van der Waals surface area contributed by atoms with Crippen LogP contribution in [-0.4, -0.2) is 30.9 Å². The number of rotatable bonds is 8. The molecule has 0 aliphatic rings. The van der Waals surface area contributed by atoms with Crippen LogP contribution in [0.5, 0.6) is 5.75 Å². The summed E-state index contributed by atoms with van der Waals surface area (Å²) >= 11 is 0. The van der Waals surface area contributed by atoms with Crippen molar-refractivity contribution in [3.63, 3.8) is 0 Å². The first kappa shape index (κ1) is 19.3. The van der Waals surface area contributed by atoms with Gasteiger partial charge in [-0.15, -0.1) is 13.2 Å². The third kappa shape index (κ3) is 5.75. The largest absolute Gasteiger partial charge is 0.573 e.